The van der Waals surface area contributed by atoms with Crippen LogP contribution in [-0.2, 0) is 19.2 Å². The molecule has 0 aromatic carbocycles. The lowest BCUT2D eigenvalue weighted by molar-refractivity contribution is -0.146. The van der Waals surface area contributed by atoms with Gasteiger partial charge in [-0.15, -0.1) is 0 Å². The lowest BCUT2D eigenvalue weighted by Gasteiger charge is -2.27. The summed E-state index contributed by atoms with van der Waals surface area (Å²) in [4.78, 5) is 48.5. The summed E-state index contributed by atoms with van der Waals surface area (Å²) < 4.78 is 0. The van der Waals surface area contributed by atoms with Crippen LogP contribution in [0.1, 0.15) is 96.3 Å². The minimum absolute atomic E-state index is 0.210. The van der Waals surface area contributed by atoms with Gasteiger partial charge in [-0.05, 0) is 48.9 Å². The molecule has 6 heteroatoms. The number of rotatable bonds is 9. The molecule has 148 valence electrons. The van der Waals surface area contributed by atoms with Gasteiger partial charge in [0.1, 0.15) is 0 Å². The summed E-state index contributed by atoms with van der Waals surface area (Å²) in [6.45, 7) is 0. The van der Waals surface area contributed by atoms with Crippen LogP contribution in [-0.4, -0.2) is 22.1 Å². The van der Waals surface area contributed by atoms with E-state index in [9.17, 15) is 19.2 Å². The van der Waals surface area contributed by atoms with Crippen LogP contribution >= 0.6 is 23.2 Å². The minimum atomic E-state index is -1.64. The maximum absolute atomic E-state index is 12.8. The second kappa shape index (κ2) is 12.6. The lowest BCUT2D eigenvalue weighted by atomic mass is 9.73. The van der Waals surface area contributed by atoms with Crippen molar-refractivity contribution >= 4 is 45.3 Å². The highest BCUT2D eigenvalue weighted by Crippen LogP contribution is 2.35. The van der Waals surface area contributed by atoms with Gasteiger partial charge < -0.3 is 0 Å². The van der Waals surface area contributed by atoms with E-state index in [2.05, 4.69) is 0 Å². The molecule has 0 unspecified atom stereocenters. The highest BCUT2D eigenvalue weighted by molar-refractivity contribution is 6.69. The van der Waals surface area contributed by atoms with Crippen LogP contribution in [0.25, 0.3) is 0 Å². The monoisotopic (exact) mass is 404 g/mol. The maximum atomic E-state index is 12.8. The van der Waals surface area contributed by atoms with E-state index in [1.54, 1.807) is 0 Å². The van der Waals surface area contributed by atoms with Crippen LogP contribution in [0.5, 0.6) is 0 Å². The Labute approximate surface area is 166 Å². The van der Waals surface area contributed by atoms with Crippen LogP contribution in [0.2, 0.25) is 0 Å². The van der Waals surface area contributed by atoms with Gasteiger partial charge >= 0.3 is 0 Å². The van der Waals surface area contributed by atoms with Crippen molar-refractivity contribution in [3.05, 3.63) is 0 Å². The summed E-state index contributed by atoms with van der Waals surface area (Å²) in [6, 6.07) is 0. The van der Waals surface area contributed by atoms with E-state index in [0.29, 0.717) is 25.7 Å². The molecule has 0 radical (unpaired) electrons. The Morgan fingerprint density at radius 3 is 1.69 bits per heavy atom. The number of carbonyl (C=O) groups excluding carboxylic acids is 4. The van der Waals surface area contributed by atoms with Gasteiger partial charge in [0.15, 0.2) is 17.0 Å². The zero-order chi connectivity index (χ0) is 19.4. The third-order valence-corrected chi connectivity index (χ3v) is 5.78. The summed E-state index contributed by atoms with van der Waals surface area (Å²) >= 11 is 11.1. The van der Waals surface area contributed by atoms with Crippen molar-refractivity contribution in [2.24, 2.45) is 5.41 Å². The quantitative estimate of drug-likeness (QED) is 0.288. The number of halogens is 2. The van der Waals surface area contributed by atoms with Crippen molar-refractivity contribution < 1.29 is 19.2 Å². The number of hydrogen-bond donors (Lipinski definition) is 0. The van der Waals surface area contributed by atoms with Crippen molar-refractivity contribution in [2.75, 3.05) is 0 Å². The number of Topliss-reactive ketones (excluding diaryl/α,β-unsaturated/α-hetero) is 2. The molecule has 1 aliphatic rings. The van der Waals surface area contributed by atoms with Crippen molar-refractivity contribution in [1.82, 2.24) is 0 Å². The predicted octanol–water partition coefficient (Wildman–Crippen LogP) is 5.51. The topological polar surface area (TPSA) is 68.3 Å². The molecular formula is C20H30Cl2O4. The molecule has 4 nitrogen and oxygen atoms in total. The standard InChI is InChI=1S/C20H30Cl2O4/c21-18(25)14-10-6-3-7-11-15-20(19(22)26)16(23)12-8-4-1-2-5-9-13-17(20)24/h1-15H2. The third kappa shape index (κ3) is 7.48. The zero-order valence-electron chi connectivity index (χ0n) is 15.5. The Hall–Kier alpha value is -0.740. The van der Waals surface area contributed by atoms with Crippen LogP contribution in [0.15, 0.2) is 0 Å². The average molecular weight is 405 g/mol. The van der Waals surface area contributed by atoms with Crippen LogP contribution in [0, 0.1) is 5.41 Å². The fraction of sp³-hybridized carbons (Fsp3) is 0.800. The highest BCUT2D eigenvalue weighted by Gasteiger charge is 2.49. The molecule has 0 heterocycles. The Balaban J connectivity index is 2.67. The largest absolute Gasteiger partial charge is 0.298 e. The average Bonchev–Trinajstić information content (AvgIpc) is 2.61. The minimum Gasteiger partial charge on any atom is -0.298 e. The van der Waals surface area contributed by atoms with E-state index in [4.69, 9.17) is 23.2 Å². The normalized spacial score (nSPS) is 19.0. The van der Waals surface area contributed by atoms with E-state index >= 15 is 0 Å². The van der Waals surface area contributed by atoms with E-state index < -0.39 is 10.7 Å². The van der Waals surface area contributed by atoms with Gasteiger partial charge in [-0.3, -0.25) is 19.2 Å². The molecule has 0 atom stereocenters. The third-order valence-electron chi connectivity index (χ3n) is 5.27. The van der Waals surface area contributed by atoms with Gasteiger partial charge in [0.2, 0.25) is 10.5 Å². The summed E-state index contributed by atoms with van der Waals surface area (Å²) in [7, 11) is 0. The second-order valence-electron chi connectivity index (χ2n) is 7.27. The first kappa shape index (κ1) is 23.3. The predicted molar refractivity (Wildman–Crippen MR) is 103 cm³/mol. The first-order chi connectivity index (χ1) is 12.4. The van der Waals surface area contributed by atoms with Crippen molar-refractivity contribution in [2.45, 2.75) is 96.3 Å². The van der Waals surface area contributed by atoms with Crippen molar-refractivity contribution in [1.29, 1.82) is 0 Å². The smallest absolute Gasteiger partial charge is 0.242 e. The van der Waals surface area contributed by atoms with Crippen LogP contribution < -0.4 is 0 Å². The number of unbranched alkanes of at least 4 members (excludes halogenated alkanes) is 4. The molecule has 1 saturated carbocycles. The number of ketones is 2. The van der Waals surface area contributed by atoms with Gasteiger partial charge in [0, 0.05) is 19.3 Å². The van der Waals surface area contributed by atoms with E-state index in [1.165, 1.54) is 0 Å². The van der Waals surface area contributed by atoms with E-state index in [0.717, 1.165) is 51.4 Å². The molecular weight excluding hydrogens is 375 g/mol. The summed E-state index contributed by atoms with van der Waals surface area (Å²) in [5.41, 5.74) is -1.64. The molecule has 0 aliphatic heterocycles. The van der Waals surface area contributed by atoms with Gasteiger partial charge in [-0.2, -0.15) is 0 Å². The number of carbonyl (C=O) groups is 4. The maximum Gasteiger partial charge on any atom is 0.242 e. The van der Waals surface area contributed by atoms with Gasteiger partial charge in [-0.1, -0.05) is 51.4 Å². The Bertz CT molecular complexity index is 480. The molecule has 0 bridgehead atoms. The molecule has 1 rings (SSSR count). The molecule has 0 aromatic rings. The van der Waals surface area contributed by atoms with E-state index in [-0.39, 0.29) is 36.1 Å². The fourth-order valence-corrected chi connectivity index (χ4v) is 4.08. The van der Waals surface area contributed by atoms with Crippen molar-refractivity contribution in [3.63, 3.8) is 0 Å². The zero-order valence-corrected chi connectivity index (χ0v) is 17.0. The molecule has 0 amide bonds. The second-order valence-corrected chi connectivity index (χ2v) is 8.03. The molecule has 0 saturated heterocycles. The first-order valence-electron chi connectivity index (χ1n) is 9.86. The number of hydrogen-bond acceptors (Lipinski definition) is 4. The highest BCUT2D eigenvalue weighted by atomic mass is 35.5. The summed E-state index contributed by atoms with van der Waals surface area (Å²) in [6.07, 6.45) is 10.4. The molecule has 1 aliphatic carbocycles. The molecule has 26 heavy (non-hydrogen) atoms. The Morgan fingerprint density at radius 1 is 0.731 bits per heavy atom. The molecule has 0 N–H and O–H groups in total. The molecule has 0 aromatic heterocycles. The lowest BCUT2D eigenvalue weighted by Crippen LogP contribution is -2.44. The van der Waals surface area contributed by atoms with Gasteiger partial charge in [0.05, 0.1) is 0 Å². The van der Waals surface area contributed by atoms with Gasteiger partial charge in [-0.25, -0.2) is 0 Å². The van der Waals surface area contributed by atoms with Crippen LogP contribution in [0.4, 0.5) is 0 Å². The summed E-state index contributed by atoms with van der Waals surface area (Å²) in [5.74, 6) is -0.589. The SMILES string of the molecule is O=C(Cl)CCCCCCCC1(C(=O)Cl)C(=O)CCCCCCCCC1=O. The molecule has 1 fully saturated rings. The van der Waals surface area contributed by atoms with E-state index in [1.807, 2.05) is 0 Å². The summed E-state index contributed by atoms with van der Waals surface area (Å²) in [5, 5.41) is -1.13. The molecule has 0 spiro atoms. The van der Waals surface area contributed by atoms with Crippen LogP contribution in [0.3, 0.4) is 0 Å². The fourth-order valence-electron chi connectivity index (χ4n) is 3.64. The first-order valence-corrected chi connectivity index (χ1v) is 10.6. The Morgan fingerprint density at radius 2 is 1.19 bits per heavy atom. The van der Waals surface area contributed by atoms with Crippen molar-refractivity contribution in [3.8, 4) is 0 Å². The Kier molecular flexibility index (Phi) is 11.3. The van der Waals surface area contributed by atoms with Gasteiger partial charge in [0.25, 0.3) is 0 Å².